The minimum atomic E-state index is -1.41. The molecule has 44 heavy (non-hydrogen) atoms. The molecular weight excluding hydrogens is 586 g/mol. The van der Waals surface area contributed by atoms with E-state index in [0.717, 1.165) is 20.8 Å². The van der Waals surface area contributed by atoms with Crippen LogP contribution >= 0.6 is 0 Å². The number of carbonyl (C=O) groups excluding carboxylic acids is 4. The molecule has 2 aromatic carbocycles. The SMILES string of the molecule is CC(=O)OC[C@H]1O[C@@H](Oc2ccc(-c3nnc(-c4cccc([N+](=O)[O-])c4)o3)cc2)[C@H](OC(C)=O)[C@@H](OC(C)=O)[C@@H]1OC(C)=O. The molecule has 0 unspecified atom stereocenters. The zero-order valence-electron chi connectivity index (χ0n) is 23.9. The fourth-order valence-corrected chi connectivity index (χ4v) is 4.30. The van der Waals surface area contributed by atoms with Gasteiger partial charge in [0.2, 0.25) is 24.2 Å². The molecule has 3 aromatic rings. The number of aromatic nitrogens is 2. The lowest BCUT2D eigenvalue weighted by Gasteiger charge is -2.43. The molecule has 1 saturated heterocycles. The van der Waals surface area contributed by atoms with Gasteiger partial charge in [-0.15, -0.1) is 10.2 Å². The molecule has 0 bridgehead atoms. The number of non-ortho nitro benzene ring substituents is 1. The van der Waals surface area contributed by atoms with Crippen LogP contribution in [0.3, 0.4) is 0 Å². The minimum absolute atomic E-state index is 0.0709. The Morgan fingerprint density at radius 2 is 1.39 bits per heavy atom. The van der Waals surface area contributed by atoms with Crippen LogP contribution in [0.4, 0.5) is 5.69 Å². The van der Waals surface area contributed by atoms with E-state index >= 15 is 0 Å². The summed E-state index contributed by atoms with van der Waals surface area (Å²) in [5.74, 6) is -2.56. The van der Waals surface area contributed by atoms with Gasteiger partial charge in [-0.25, -0.2) is 0 Å². The largest absolute Gasteiger partial charge is 0.463 e. The van der Waals surface area contributed by atoms with E-state index in [-0.39, 0.29) is 23.2 Å². The Morgan fingerprint density at radius 3 is 1.98 bits per heavy atom. The highest BCUT2D eigenvalue weighted by atomic mass is 16.7. The molecule has 0 amide bonds. The number of carbonyl (C=O) groups is 4. The summed E-state index contributed by atoms with van der Waals surface area (Å²) in [7, 11) is 0. The van der Waals surface area contributed by atoms with Crippen molar-refractivity contribution >= 4 is 29.6 Å². The molecule has 0 spiro atoms. The molecule has 1 aliphatic heterocycles. The van der Waals surface area contributed by atoms with Crippen molar-refractivity contribution in [2.45, 2.75) is 58.4 Å². The van der Waals surface area contributed by atoms with E-state index in [0.29, 0.717) is 11.1 Å². The predicted octanol–water partition coefficient (Wildman–Crippen LogP) is 2.77. The molecule has 2 heterocycles. The molecular formula is C28H27N3O13. The maximum absolute atomic E-state index is 12.0. The van der Waals surface area contributed by atoms with Gasteiger partial charge < -0.3 is 32.8 Å². The number of benzene rings is 2. The molecule has 1 aliphatic rings. The van der Waals surface area contributed by atoms with Crippen molar-refractivity contribution in [2.75, 3.05) is 6.61 Å². The maximum atomic E-state index is 12.0. The van der Waals surface area contributed by atoms with Crippen molar-refractivity contribution in [2.24, 2.45) is 0 Å². The predicted molar refractivity (Wildman–Crippen MR) is 144 cm³/mol. The van der Waals surface area contributed by atoms with Gasteiger partial charge in [0.1, 0.15) is 18.5 Å². The van der Waals surface area contributed by atoms with E-state index in [1.54, 1.807) is 18.2 Å². The van der Waals surface area contributed by atoms with Crippen molar-refractivity contribution < 1.29 is 56.9 Å². The molecule has 1 aromatic heterocycles. The molecule has 16 heteroatoms. The lowest BCUT2D eigenvalue weighted by Crippen LogP contribution is -2.63. The highest BCUT2D eigenvalue weighted by Crippen LogP contribution is 2.32. The van der Waals surface area contributed by atoms with E-state index in [1.807, 2.05) is 0 Å². The molecule has 4 rings (SSSR count). The van der Waals surface area contributed by atoms with Gasteiger partial charge in [0.25, 0.3) is 5.69 Å². The Balaban J connectivity index is 1.59. The minimum Gasteiger partial charge on any atom is -0.463 e. The lowest BCUT2D eigenvalue weighted by atomic mass is 9.98. The Bertz CT molecular complexity index is 1540. The molecule has 16 nitrogen and oxygen atoms in total. The molecule has 232 valence electrons. The van der Waals surface area contributed by atoms with Crippen molar-refractivity contribution in [1.29, 1.82) is 0 Å². The standard InChI is InChI=1S/C28H27N3O13/c1-14(32)38-13-22-23(39-15(2)33)24(40-16(3)34)25(41-17(4)35)28(43-22)42-21-10-8-18(9-11-21)26-29-30-27(44-26)19-6-5-7-20(12-19)31(36)37/h5-12,22-25,28H,13H2,1-4H3/t22-,23-,24+,25-,28-/m1/s1. The monoisotopic (exact) mass is 613 g/mol. The Morgan fingerprint density at radius 1 is 0.795 bits per heavy atom. The van der Waals surface area contributed by atoms with Gasteiger partial charge in [0, 0.05) is 51.0 Å². The van der Waals surface area contributed by atoms with Gasteiger partial charge in [0.15, 0.2) is 12.2 Å². The zero-order valence-corrected chi connectivity index (χ0v) is 23.9. The van der Waals surface area contributed by atoms with E-state index < -0.39 is 66.1 Å². The molecule has 0 saturated carbocycles. The summed E-state index contributed by atoms with van der Waals surface area (Å²) in [4.78, 5) is 58.0. The number of hydrogen-bond donors (Lipinski definition) is 0. The van der Waals surface area contributed by atoms with Crippen LogP contribution < -0.4 is 4.74 Å². The van der Waals surface area contributed by atoms with Crippen LogP contribution in [0.5, 0.6) is 5.75 Å². The molecule has 5 atom stereocenters. The molecule has 1 fully saturated rings. The quantitative estimate of drug-likeness (QED) is 0.139. The van der Waals surface area contributed by atoms with Gasteiger partial charge >= 0.3 is 23.9 Å². The van der Waals surface area contributed by atoms with Gasteiger partial charge in [-0.3, -0.25) is 29.3 Å². The van der Waals surface area contributed by atoms with E-state index in [2.05, 4.69) is 10.2 Å². The summed E-state index contributed by atoms with van der Waals surface area (Å²) >= 11 is 0. The topological polar surface area (TPSA) is 206 Å². The van der Waals surface area contributed by atoms with Gasteiger partial charge in [-0.05, 0) is 30.3 Å². The van der Waals surface area contributed by atoms with Crippen LogP contribution in [0.15, 0.2) is 52.9 Å². The first-order valence-electron chi connectivity index (χ1n) is 13.1. The molecule has 0 N–H and O–H groups in total. The second kappa shape index (κ2) is 13.7. The number of nitro benzene ring substituents is 1. The number of rotatable bonds is 10. The third-order valence-corrected chi connectivity index (χ3v) is 6.03. The zero-order chi connectivity index (χ0) is 32.0. The number of nitro groups is 1. The van der Waals surface area contributed by atoms with Gasteiger partial charge in [-0.2, -0.15) is 0 Å². The number of nitrogens with zero attached hydrogens (tertiary/aromatic N) is 3. The smallest absolute Gasteiger partial charge is 0.303 e. The normalized spacial score (nSPS) is 21.0. The number of ether oxygens (including phenoxy) is 6. The van der Waals surface area contributed by atoms with Gasteiger partial charge in [-0.1, -0.05) is 6.07 Å². The van der Waals surface area contributed by atoms with Crippen molar-refractivity contribution in [3.8, 4) is 28.7 Å². The summed E-state index contributed by atoms with van der Waals surface area (Å²) in [5, 5.41) is 19.1. The fraction of sp³-hybridized carbons (Fsp3) is 0.357. The third kappa shape index (κ3) is 7.91. The summed E-state index contributed by atoms with van der Waals surface area (Å²) in [6, 6.07) is 11.9. The second-order valence-corrected chi connectivity index (χ2v) is 9.43. The Hall–Kier alpha value is -5.38. The summed E-state index contributed by atoms with van der Waals surface area (Å²) in [5.41, 5.74) is 0.704. The number of hydrogen-bond acceptors (Lipinski definition) is 15. The first-order chi connectivity index (χ1) is 20.9. The lowest BCUT2D eigenvalue weighted by molar-refractivity contribution is -0.384. The number of esters is 4. The Kier molecular flexibility index (Phi) is 9.85. The van der Waals surface area contributed by atoms with E-state index in [4.69, 9.17) is 32.8 Å². The van der Waals surface area contributed by atoms with Crippen LogP contribution in [0.2, 0.25) is 0 Å². The third-order valence-electron chi connectivity index (χ3n) is 6.03. The van der Waals surface area contributed by atoms with E-state index in [9.17, 15) is 29.3 Å². The average molecular weight is 614 g/mol. The van der Waals surface area contributed by atoms with Crippen LogP contribution in [-0.4, -0.2) is 76.3 Å². The van der Waals surface area contributed by atoms with Crippen LogP contribution in [0.1, 0.15) is 27.7 Å². The van der Waals surface area contributed by atoms with Gasteiger partial charge in [0.05, 0.1) is 4.92 Å². The van der Waals surface area contributed by atoms with Crippen molar-refractivity contribution in [3.05, 3.63) is 58.6 Å². The summed E-state index contributed by atoms with van der Waals surface area (Å²) in [6.45, 7) is 4.12. The van der Waals surface area contributed by atoms with E-state index in [1.165, 1.54) is 37.3 Å². The first kappa shape index (κ1) is 31.6. The average Bonchev–Trinajstić information content (AvgIpc) is 3.45. The summed E-state index contributed by atoms with van der Waals surface area (Å²) in [6.07, 6.45) is -6.69. The maximum Gasteiger partial charge on any atom is 0.303 e. The second-order valence-electron chi connectivity index (χ2n) is 9.43. The fourth-order valence-electron chi connectivity index (χ4n) is 4.30. The highest BCUT2D eigenvalue weighted by molar-refractivity contribution is 5.69. The first-order valence-corrected chi connectivity index (χ1v) is 13.1. The molecule has 0 radical (unpaired) electrons. The Labute approximate surface area is 249 Å². The molecule has 0 aliphatic carbocycles. The highest BCUT2D eigenvalue weighted by Gasteiger charge is 2.53. The van der Waals surface area contributed by atoms with Crippen LogP contribution in [0.25, 0.3) is 22.9 Å². The van der Waals surface area contributed by atoms with Crippen molar-refractivity contribution in [3.63, 3.8) is 0 Å². The summed E-state index contributed by atoms with van der Waals surface area (Å²) < 4.78 is 38.8. The van der Waals surface area contributed by atoms with Crippen LogP contribution in [0, 0.1) is 10.1 Å². The van der Waals surface area contributed by atoms with Crippen molar-refractivity contribution in [1.82, 2.24) is 10.2 Å². The van der Waals surface area contributed by atoms with Crippen LogP contribution in [-0.2, 0) is 42.9 Å².